The van der Waals surface area contributed by atoms with Gasteiger partial charge in [-0.25, -0.2) is 14.5 Å². The smallest absolute Gasteiger partial charge is 0.421 e. The summed E-state index contributed by atoms with van der Waals surface area (Å²) in [7, 11) is -2.44. The van der Waals surface area contributed by atoms with E-state index in [0.29, 0.717) is 17.9 Å². The van der Waals surface area contributed by atoms with Crippen molar-refractivity contribution < 1.29 is 22.7 Å². The molecule has 0 unspecified atom stereocenters. The Balaban J connectivity index is 1.81. The molecular weight excluding hydrogens is 420 g/mol. The number of amides is 1. The van der Waals surface area contributed by atoms with Crippen LogP contribution in [0.4, 0.5) is 4.79 Å². The second kappa shape index (κ2) is 10.1. The number of imidazole rings is 1. The molecule has 0 aliphatic rings. The minimum atomic E-state index is -4.03. The fourth-order valence-electron chi connectivity index (χ4n) is 2.93. The van der Waals surface area contributed by atoms with Gasteiger partial charge in [0, 0.05) is 24.1 Å². The molecule has 2 aromatic carbocycles. The molecule has 0 saturated heterocycles. The molecule has 1 heterocycles. The number of benzene rings is 2. The van der Waals surface area contributed by atoms with E-state index in [0.717, 1.165) is 22.6 Å². The predicted octanol–water partition coefficient (Wildman–Crippen LogP) is 2.88. The Morgan fingerprint density at radius 3 is 2.42 bits per heavy atom. The van der Waals surface area contributed by atoms with Crippen molar-refractivity contribution in [2.24, 2.45) is 0 Å². The van der Waals surface area contributed by atoms with Gasteiger partial charge in [-0.1, -0.05) is 30.3 Å². The van der Waals surface area contributed by atoms with E-state index in [2.05, 4.69) is 19.4 Å². The zero-order valence-electron chi connectivity index (χ0n) is 17.2. The number of carbonyl (C=O) groups is 1. The van der Waals surface area contributed by atoms with Gasteiger partial charge in [-0.3, -0.25) is 0 Å². The molecule has 31 heavy (non-hydrogen) atoms. The summed E-state index contributed by atoms with van der Waals surface area (Å²) in [6.45, 7) is 1.70. The monoisotopic (exact) mass is 444 g/mol. The van der Waals surface area contributed by atoms with Crippen molar-refractivity contribution in [2.45, 2.75) is 13.3 Å². The van der Waals surface area contributed by atoms with Crippen molar-refractivity contribution >= 4 is 16.3 Å². The average Bonchev–Trinajstić information content (AvgIpc) is 3.18. The minimum Gasteiger partial charge on any atom is -0.497 e. The maximum absolute atomic E-state index is 12.0. The SMILES string of the molecule is CCOC(=O)NS(=O)(=O)NCCc1nc(-c2ccccc2)[nH]c1-c1ccc(OC)cc1. The van der Waals surface area contributed by atoms with Gasteiger partial charge in [-0.05, 0) is 31.2 Å². The molecule has 1 amide bonds. The summed E-state index contributed by atoms with van der Waals surface area (Å²) in [5, 5.41) is 0. The first-order valence-electron chi connectivity index (χ1n) is 9.64. The highest BCUT2D eigenvalue weighted by Crippen LogP contribution is 2.27. The van der Waals surface area contributed by atoms with E-state index in [1.54, 1.807) is 18.8 Å². The maximum Gasteiger partial charge on any atom is 0.421 e. The number of nitrogens with one attached hydrogen (secondary N) is 3. The van der Waals surface area contributed by atoms with Crippen LogP contribution in [0.3, 0.4) is 0 Å². The number of H-pyrrole nitrogens is 1. The zero-order valence-corrected chi connectivity index (χ0v) is 18.0. The van der Waals surface area contributed by atoms with Crippen LogP contribution in [-0.2, 0) is 21.4 Å². The van der Waals surface area contributed by atoms with Crippen molar-refractivity contribution in [3.05, 3.63) is 60.3 Å². The minimum absolute atomic E-state index is 0.0387. The number of ether oxygens (including phenoxy) is 2. The highest BCUT2D eigenvalue weighted by Gasteiger charge is 2.17. The number of nitrogens with zero attached hydrogens (tertiary/aromatic N) is 1. The number of methoxy groups -OCH3 is 1. The third-order valence-electron chi connectivity index (χ3n) is 4.35. The van der Waals surface area contributed by atoms with Gasteiger partial charge in [-0.2, -0.15) is 13.1 Å². The van der Waals surface area contributed by atoms with Gasteiger partial charge in [0.1, 0.15) is 11.6 Å². The molecule has 3 N–H and O–H groups in total. The molecule has 3 rings (SSSR count). The van der Waals surface area contributed by atoms with E-state index >= 15 is 0 Å². The van der Waals surface area contributed by atoms with E-state index in [9.17, 15) is 13.2 Å². The molecule has 164 valence electrons. The van der Waals surface area contributed by atoms with Crippen molar-refractivity contribution in [2.75, 3.05) is 20.3 Å². The third-order valence-corrected chi connectivity index (χ3v) is 5.37. The normalized spacial score (nSPS) is 11.2. The Hall–Kier alpha value is -3.37. The van der Waals surface area contributed by atoms with Crippen molar-refractivity contribution in [3.8, 4) is 28.4 Å². The van der Waals surface area contributed by atoms with E-state index in [1.807, 2.05) is 54.6 Å². The van der Waals surface area contributed by atoms with Crippen LogP contribution in [-0.4, -0.2) is 44.7 Å². The third kappa shape index (κ3) is 6.06. The molecule has 1 aromatic heterocycles. The predicted molar refractivity (Wildman–Crippen MR) is 117 cm³/mol. The van der Waals surface area contributed by atoms with Gasteiger partial charge >= 0.3 is 16.3 Å². The number of hydrogen-bond acceptors (Lipinski definition) is 6. The molecule has 0 atom stereocenters. The first-order valence-corrected chi connectivity index (χ1v) is 11.1. The van der Waals surface area contributed by atoms with Crippen LogP contribution in [0.15, 0.2) is 54.6 Å². The van der Waals surface area contributed by atoms with Gasteiger partial charge in [0.05, 0.1) is 25.1 Å². The Morgan fingerprint density at radius 2 is 1.77 bits per heavy atom. The molecule has 0 bridgehead atoms. The zero-order chi connectivity index (χ0) is 22.3. The molecule has 9 nitrogen and oxygen atoms in total. The highest BCUT2D eigenvalue weighted by molar-refractivity contribution is 7.88. The first-order chi connectivity index (χ1) is 14.9. The van der Waals surface area contributed by atoms with Gasteiger partial charge in [0.2, 0.25) is 0 Å². The summed E-state index contributed by atoms with van der Waals surface area (Å²) in [6, 6.07) is 17.1. The molecule has 0 saturated carbocycles. The van der Waals surface area contributed by atoms with Crippen LogP contribution in [0.5, 0.6) is 5.75 Å². The molecule has 3 aromatic rings. The Morgan fingerprint density at radius 1 is 1.06 bits per heavy atom. The average molecular weight is 445 g/mol. The molecular formula is C21H24N4O5S. The summed E-state index contributed by atoms with van der Waals surface area (Å²) in [4.78, 5) is 19.4. The highest BCUT2D eigenvalue weighted by atomic mass is 32.2. The van der Waals surface area contributed by atoms with Crippen LogP contribution in [0.2, 0.25) is 0 Å². The largest absolute Gasteiger partial charge is 0.497 e. The van der Waals surface area contributed by atoms with Gasteiger partial charge in [-0.15, -0.1) is 0 Å². The van der Waals surface area contributed by atoms with Crippen molar-refractivity contribution in [1.29, 1.82) is 0 Å². The summed E-state index contributed by atoms with van der Waals surface area (Å²) >= 11 is 0. The van der Waals surface area contributed by atoms with Crippen molar-refractivity contribution in [3.63, 3.8) is 0 Å². The van der Waals surface area contributed by atoms with Crippen LogP contribution in [0.25, 0.3) is 22.6 Å². The lowest BCUT2D eigenvalue weighted by Crippen LogP contribution is -2.41. The first kappa shape index (κ1) is 22.3. The lowest BCUT2D eigenvalue weighted by atomic mass is 10.1. The molecule has 0 radical (unpaired) electrons. The Kier molecular flexibility index (Phi) is 7.27. The van der Waals surface area contributed by atoms with E-state index in [1.165, 1.54) is 0 Å². The fourth-order valence-corrected chi connectivity index (χ4v) is 3.65. The topological polar surface area (TPSA) is 122 Å². The van der Waals surface area contributed by atoms with Crippen LogP contribution >= 0.6 is 0 Å². The summed E-state index contributed by atoms with van der Waals surface area (Å²) in [5.41, 5.74) is 3.26. The quantitative estimate of drug-likeness (QED) is 0.466. The van der Waals surface area contributed by atoms with E-state index in [-0.39, 0.29) is 13.2 Å². The molecule has 10 heteroatoms. The molecule has 0 spiro atoms. The fraction of sp³-hybridized carbons (Fsp3) is 0.238. The lowest BCUT2D eigenvalue weighted by Gasteiger charge is -2.08. The van der Waals surface area contributed by atoms with Gasteiger partial charge in [0.25, 0.3) is 0 Å². The second-order valence-electron chi connectivity index (χ2n) is 6.47. The number of aromatic amines is 1. The molecule has 0 aliphatic carbocycles. The van der Waals surface area contributed by atoms with Crippen molar-refractivity contribution in [1.82, 2.24) is 19.4 Å². The van der Waals surface area contributed by atoms with E-state index in [4.69, 9.17) is 4.74 Å². The van der Waals surface area contributed by atoms with Crippen LogP contribution in [0, 0.1) is 0 Å². The number of hydrogen-bond donors (Lipinski definition) is 3. The van der Waals surface area contributed by atoms with Gasteiger partial charge < -0.3 is 14.5 Å². The Labute approximate surface area is 181 Å². The Bertz CT molecular complexity index is 1110. The number of rotatable bonds is 9. The van der Waals surface area contributed by atoms with Crippen LogP contribution < -0.4 is 14.2 Å². The van der Waals surface area contributed by atoms with Gasteiger partial charge in [0.15, 0.2) is 0 Å². The standard InChI is InChI=1S/C21H24N4O5S/c1-3-30-21(26)25-31(27,28)22-14-13-18-19(15-9-11-17(29-2)12-10-15)24-20(23-18)16-7-5-4-6-8-16/h4-12,22H,3,13-14H2,1-2H3,(H,23,24)(H,25,26). The molecule has 0 aliphatic heterocycles. The number of aromatic nitrogens is 2. The maximum atomic E-state index is 12.0. The van der Waals surface area contributed by atoms with E-state index < -0.39 is 16.3 Å². The summed E-state index contributed by atoms with van der Waals surface area (Å²) in [5.74, 6) is 1.40. The van der Waals surface area contributed by atoms with Crippen LogP contribution in [0.1, 0.15) is 12.6 Å². The lowest BCUT2D eigenvalue weighted by molar-refractivity contribution is 0.158. The summed E-state index contributed by atoms with van der Waals surface area (Å²) < 4.78 is 37.9. The second-order valence-corrected chi connectivity index (χ2v) is 7.97. The summed E-state index contributed by atoms with van der Waals surface area (Å²) in [6.07, 6.45) is -0.728. The number of carbonyl (C=O) groups excluding carboxylic acids is 1. The molecule has 0 fully saturated rings.